The van der Waals surface area contributed by atoms with E-state index in [0.717, 1.165) is 24.2 Å². The summed E-state index contributed by atoms with van der Waals surface area (Å²) in [5.41, 5.74) is 2.62. The first-order valence-corrected chi connectivity index (χ1v) is 7.21. The second kappa shape index (κ2) is 6.37. The van der Waals surface area contributed by atoms with Gasteiger partial charge in [-0.05, 0) is 23.3 Å². The van der Waals surface area contributed by atoms with Crippen LogP contribution in [-0.4, -0.2) is 40.4 Å². The third kappa shape index (κ3) is 3.23. The summed E-state index contributed by atoms with van der Waals surface area (Å²) in [7, 11) is 1.56. The van der Waals surface area contributed by atoms with Crippen LogP contribution in [0, 0.1) is 5.82 Å². The van der Waals surface area contributed by atoms with Gasteiger partial charge in [-0.1, -0.05) is 12.1 Å². The molecule has 3 rings (SSSR count). The number of methoxy groups -OCH3 is 1. The monoisotopic (exact) mass is 303 g/mol. The molecule has 1 aliphatic rings. The fraction of sp³-hybridized carbons (Fsp3) is 0.375. The lowest BCUT2D eigenvalue weighted by molar-refractivity contribution is 0.105. The number of nitrogens with zero attached hydrogens (tertiary/aromatic N) is 3. The number of ether oxygens (including phenoxy) is 1. The Bertz CT molecular complexity index is 666. The van der Waals surface area contributed by atoms with E-state index in [4.69, 9.17) is 4.74 Å². The van der Waals surface area contributed by atoms with E-state index < -0.39 is 6.10 Å². The van der Waals surface area contributed by atoms with Gasteiger partial charge in [0.1, 0.15) is 5.82 Å². The Labute approximate surface area is 128 Å². The second-order valence-electron chi connectivity index (χ2n) is 5.41. The highest BCUT2D eigenvalue weighted by Crippen LogP contribution is 2.22. The summed E-state index contributed by atoms with van der Waals surface area (Å²) >= 11 is 0. The van der Waals surface area contributed by atoms with Crippen LogP contribution < -0.4 is 4.74 Å². The minimum absolute atomic E-state index is 0.333. The largest absolute Gasteiger partial charge is 0.480 e. The molecule has 2 heterocycles. The number of aliphatic hydroxyl groups excluding tert-OH is 1. The Morgan fingerprint density at radius 3 is 3.00 bits per heavy atom. The number of rotatable bonds is 4. The van der Waals surface area contributed by atoms with Crippen LogP contribution in [-0.2, 0) is 13.0 Å². The Hall–Kier alpha value is -2.05. The molecule has 2 aromatic rings. The van der Waals surface area contributed by atoms with Crippen molar-refractivity contribution in [2.45, 2.75) is 19.1 Å². The van der Waals surface area contributed by atoms with Crippen molar-refractivity contribution in [3.05, 3.63) is 53.0 Å². The van der Waals surface area contributed by atoms with Crippen molar-refractivity contribution >= 4 is 0 Å². The molecule has 0 saturated heterocycles. The lowest BCUT2D eigenvalue weighted by Crippen LogP contribution is -2.34. The molecule has 0 unspecified atom stereocenters. The number of fused-ring (bicyclic) bond motifs is 1. The van der Waals surface area contributed by atoms with Gasteiger partial charge in [0.05, 0.1) is 18.9 Å². The first-order chi connectivity index (χ1) is 10.7. The predicted molar refractivity (Wildman–Crippen MR) is 78.9 cm³/mol. The van der Waals surface area contributed by atoms with E-state index >= 15 is 0 Å². The molecule has 1 aliphatic heterocycles. The zero-order valence-electron chi connectivity index (χ0n) is 12.4. The molecule has 0 saturated carbocycles. The minimum Gasteiger partial charge on any atom is -0.480 e. The molecule has 6 heteroatoms. The van der Waals surface area contributed by atoms with Gasteiger partial charge in [-0.25, -0.2) is 4.39 Å². The van der Waals surface area contributed by atoms with E-state index in [9.17, 15) is 9.50 Å². The summed E-state index contributed by atoms with van der Waals surface area (Å²) in [6.07, 6.45) is 0.0660. The summed E-state index contributed by atoms with van der Waals surface area (Å²) in [4.78, 5) is 2.12. The molecule has 1 atom stereocenters. The maximum atomic E-state index is 13.2. The average Bonchev–Trinajstić information content (AvgIpc) is 2.54. The first-order valence-electron chi connectivity index (χ1n) is 7.21. The average molecular weight is 303 g/mol. The Balaban J connectivity index is 1.69. The van der Waals surface area contributed by atoms with Crippen LogP contribution in [0.15, 0.2) is 30.3 Å². The van der Waals surface area contributed by atoms with Crippen molar-refractivity contribution in [3.8, 4) is 5.88 Å². The third-order valence-corrected chi connectivity index (χ3v) is 3.87. The molecule has 22 heavy (non-hydrogen) atoms. The fourth-order valence-electron chi connectivity index (χ4n) is 2.69. The van der Waals surface area contributed by atoms with E-state index in [2.05, 4.69) is 15.1 Å². The van der Waals surface area contributed by atoms with E-state index in [1.807, 2.05) is 6.07 Å². The van der Waals surface area contributed by atoms with Gasteiger partial charge in [-0.3, -0.25) is 4.90 Å². The highest BCUT2D eigenvalue weighted by atomic mass is 19.1. The molecule has 0 amide bonds. The Morgan fingerprint density at radius 1 is 1.36 bits per heavy atom. The second-order valence-corrected chi connectivity index (χ2v) is 5.41. The van der Waals surface area contributed by atoms with Crippen LogP contribution in [0.4, 0.5) is 4.39 Å². The highest BCUT2D eigenvalue weighted by molar-refractivity contribution is 5.26. The van der Waals surface area contributed by atoms with Crippen LogP contribution in [0.2, 0.25) is 0 Å². The van der Waals surface area contributed by atoms with Gasteiger partial charge >= 0.3 is 0 Å². The Morgan fingerprint density at radius 2 is 2.23 bits per heavy atom. The van der Waals surface area contributed by atoms with Crippen molar-refractivity contribution in [1.29, 1.82) is 0 Å². The smallest absolute Gasteiger partial charge is 0.233 e. The van der Waals surface area contributed by atoms with E-state index in [1.165, 1.54) is 12.1 Å². The van der Waals surface area contributed by atoms with Crippen LogP contribution in [0.1, 0.15) is 22.9 Å². The van der Waals surface area contributed by atoms with Crippen molar-refractivity contribution < 1.29 is 14.2 Å². The maximum absolute atomic E-state index is 13.2. The Kier molecular flexibility index (Phi) is 4.31. The molecule has 0 spiro atoms. The summed E-state index contributed by atoms with van der Waals surface area (Å²) in [5.74, 6) is 0.159. The molecule has 1 N–H and O–H groups in total. The first kappa shape index (κ1) is 14.9. The molecule has 0 fully saturated rings. The zero-order chi connectivity index (χ0) is 15.5. The zero-order valence-corrected chi connectivity index (χ0v) is 12.4. The van der Waals surface area contributed by atoms with Gasteiger partial charge < -0.3 is 9.84 Å². The van der Waals surface area contributed by atoms with Crippen LogP contribution >= 0.6 is 0 Å². The van der Waals surface area contributed by atoms with E-state index in [-0.39, 0.29) is 5.82 Å². The number of aromatic nitrogens is 2. The molecule has 0 bridgehead atoms. The van der Waals surface area contributed by atoms with Gasteiger partial charge in [0.2, 0.25) is 5.88 Å². The van der Waals surface area contributed by atoms with Gasteiger partial charge in [0.15, 0.2) is 0 Å². The summed E-state index contributed by atoms with van der Waals surface area (Å²) in [5, 5.41) is 18.4. The third-order valence-electron chi connectivity index (χ3n) is 3.87. The van der Waals surface area contributed by atoms with Crippen LogP contribution in [0.3, 0.4) is 0 Å². The molecule has 1 aromatic carbocycles. The standard InChI is InChI=1S/C16H18FN3O2/c1-22-16-8-12-9-20(6-5-14(12)18-19-16)10-15(21)11-3-2-4-13(17)7-11/h2-4,7-8,15,21H,5-6,9-10H2,1H3/t15-/m0/s1. The molecule has 0 radical (unpaired) electrons. The topological polar surface area (TPSA) is 58.5 Å². The summed E-state index contributed by atoms with van der Waals surface area (Å²) in [6, 6.07) is 7.97. The number of benzene rings is 1. The van der Waals surface area contributed by atoms with Crippen LogP contribution in [0.5, 0.6) is 5.88 Å². The molecule has 0 aliphatic carbocycles. The molecule has 5 nitrogen and oxygen atoms in total. The van der Waals surface area contributed by atoms with Gasteiger partial charge in [-0.2, -0.15) is 5.10 Å². The summed E-state index contributed by atoms with van der Waals surface area (Å²) < 4.78 is 18.3. The quantitative estimate of drug-likeness (QED) is 0.932. The molecular formula is C16H18FN3O2. The number of hydrogen-bond donors (Lipinski definition) is 1. The van der Waals surface area contributed by atoms with Crippen LogP contribution in [0.25, 0.3) is 0 Å². The van der Waals surface area contributed by atoms with Gasteiger partial charge in [0, 0.05) is 32.1 Å². The highest BCUT2D eigenvalue weighted by Gasteiger charge is 2.21. The predicted octanol–water partition coefficient (Wildman–Crippen LogP) is 1.72. The number of hydrogen-bond acceptors (Lipinski definition) is 5. The lowest BCUT2D eigenvalue weighted by Gasteiger charge is -2.29. The van der Waals surface area contributed by atoms with Crippen molar-refractivity contribution in [3.63, 3.8) is 0 Å². The molecule has 116 valence electrons. The minimum atomic E-state index is -0.714. The van der Waals surface area contributed by atoms with Gasteiger partial charge in [0.25, 0.3) is 0 Å². The SMILES string of the molecule is COc1cc2c(nn1)CCN(C[C@H](O)c1cccc(F)c1)C2. The normalized spacial score (nSPS) is 16.1. The molecule has 1 aromatic heterocycles. The van der Waals surface area contributed by atoms with Crippen molar-refractivity contribution in [2.75, 3.05) is 20.2 Å². The lowest BCUT2D eigenvalue weighted by atomic mass is 10.0. The number of halogens is 1. The number of aliphatic hydroxyl groups is 1. The molecular weight excluding hydrogens is 285 g/mol. The van der Waals surface area contributed by atoms with E-state index in [0.29, 0.717) is 24.5 Å². The summed E-state index contributed by atoms with van der Waals surface area (Å²) in [6.45, 7) is 1.92. The van der Waals surface area contributed by atoms with E-state index in [1.54, 1.807) is 19.2 Å². The van der Waals surface area contributed by atoms with Crippen molar-refractivity contribution in [1.82, 2.24) is 15.1 Å². The fourth-order valence-corrected chi connectivity index (χ4v) is 2.69. The maximum Gasteiger partial charge on any atom is 0.233 e. The van der Waals surface area contributed by atoms with Gasteiger partial charge in [-0.15, -0.1) is 5.10 Å². The van der Waals surface area contributed by atoms with Crippen molar-refractivity contribution in [2.24, 2.45) is 0 Å². The number of β-amino-alcohol motifs (C(OH)–C–C–N with tert-alkyl or cyclic N) is 1.